The molecule has 20 heavy (non-hydrogen) atoms. The zero-order valence-corrected chi connectivity index (χ0v) is 12.4. The van der Waals surface area contributed by atoms with Gasteiger partial charge in [-0.05, 0) is 12.8 Å². The molecule has 7 nitrogen and oxygen atoms in total. The fourth-order valence-electron chi connectivity index (χ4n) is 2.35. The first-order chi connectivity index (χ1) is 9.52. The molecule has 2 aliphatic heterocycles. The van der Waals surface area contributed by atoms with Crippen LogP contribution in [0.1, 0.15) is 26.7 Å². The molecule has 3 amide bonds. The van der Waals surface area contributed by atoms with Gasteiger partial charge in [-0.3, -0.25) is 14.6 Å². The van der Waals surface area contributed by atoms with E-state index in [1.165, 1.54) is 11.9 Å². The molecule has 2 aliphatic rings. The minimum Gasteiger partial charge on any atom is -0.428 e. The maximum absolute atomic E-state index is 12.4. The lowest BCUT2D eigenvalue weighted by atomic mass is 10.1. The average molecular weight is 281 g/mol. The first-order valence-corrected chi connectivity index (χ1v) is 6.93. The molecule has 0 aliphatic carbocycles. The van der Waals surface area contributed by atoms with Crippen molar-refractivity contribution in [2.75, 3.05) is 27.2 Å². The summed E-state index contributed by atoms with van der Waals surface area (Å²) < 4.78 is 7.46. The summed E-state index contributed by atoms with van der Waals surface area (Å²) in [6, 6.07) is -0.468. The van der Waals surface area contributed by atoms with Crippen molar-refractivity contribution in [3.05, 3.63) is 0 Å². The predicted molar refractivity (Wildman–Crippen MR) is 73.8 cm³/mol. The fraction of sp³-hybridized carbons (Fsp3) is 0.692. The first kappa shape index (κ1) is 14.5. The summed E-state index contributed by atoms with van der Waals surface area (Å²) in [5.41, 5.74) is 0. The molecule has 1 unspecified atom stereocenters. The van der Waals surface area contributed by atoms with Crippen LogP contribution in [0.25, 0.3) is 0 Å². The molecule has 0 saturated carbocycles. The van der Waals surface area contributed by atoms with Crippen LogP contribution in [-0.2, 0) is 9.53 Å². The Morgan fingerprint density at radius 3 is 2.50 bits per heavy atom. The Morgan fingerprint density at radius 1 is 1.20 bits per heavy atom. The van der Waals surface area contributed by atoms with Crippen LogP contribution >= 0.6 is 0 Å². The topological polar surface area (TPSA) is 65.2 Å². The second kappa shape index (κ2) is 5.60. The molecule has 7 heteroatoms. The summed E-state index contributed by atoms with van der Waals surface area (Å²) in [5.74, 6) is 0.202. The highest BCUT2D eigenvalue weighted by Gasteiger charge is 2.53. The van der Waals surface area contributed by atoms with E-state index in [2.05, 4.69) is 4.99 Å². The largest absolute Gasteiger partial charge is 0.496 e. The molecule has 0 bridgehead atoms. The Bertz CT molecular complexity index is 498. The van der Waals surface area contributed by atoms with Crippen LogP contribution in [0.3, 0.4) is 0 Å². The minimum atomic E-state index is -0.547. The highest BCUT2D eigenvalue weighted by Crippen LogP contribution is 2.19. The van der Waals surface area contributed by atoms with Crippen molar-refractivity contribution < 1.29 is 18.9 Å². The number of fused-ring (bicyclic) bond motifs is 1. The lowest BCUT2D eigenvalue weighted by molar-refractivity contribution is -0.543. The van der Waals surface area contributed by atoms with E-state index in [1.54, 1.807) is 7.05 Å². The number of amidine groups is 2. The normalized spacial score (nSPS) is 22.4. The number of nitrogens with zero attached hydrogens (tertiary/aromatic N) is 4. The number of carbonyl (C=O) groups excluding carboxylic acids is 2. The summed E-state index contributed by atoms with van der Waals surface area (Å²) in [5, 5.41) is 0. The van der Waals surface area contributed by atoms with E-state index in [-0.39, 0.29) is 11.9 Å². The van der Waals surface area contributed by atoms with Gasteiger partial charge in [-0.15, -0.1) is 0 Å². The summed E-state index contributed by atoms with van der Waals surface area (Å²) in [4.78, 5) is 31.2. The Balaban J connectivity index is 2.38. The highest BCUT2D eigenvalue weighted by atomic mass is 16.5. The van der Waals surface area contributed by atoms with Crippen molar-refractivity contribution in [2.24, 2.45) is 4.99 Å². The van der Waals surface area contributed by atoms with Crippen LogP contribution < -0.4 is 0 Å². The molecule has 110 valence electrons. The molecule has 1 fully saturated rings. The zero-order chi connectivity index (χ0) is 14.9. The number of aliphatic imine (C=N–C) groups is 1. The number of carbonyl (C=O) groups is 2. The number of likely N-dealkylation sites (N-methyl/N-ethyl adjacent to an activating group) is 2. The van der Waals surface area contributed by atoms with Gasteiger partial charge in [0.2, 0.25) is 0 Å². The van der Waals surface area contributed by atoms with Gasteiger partial charge in [-0.1, -0.05) is 13.8 Å². The van der Waals surface area contributed by atoms with E-state index in [0.717, 1.165) is 17.7 Å². The molecule has 0 aromatic carbocycles. The number of imide groups is 1. The van der Waals surface area contributed by atoms with Gasteiger partial charge in [-0.25, -0.2) is 9.37 Å². The number of urea groups is 1. The maximum Gasteiger partial charge on any atom is 0.496 e. The van der Waals surface area contributed by atoms with E-state index < -0.39 is 6.04 Å². The molecule has 0 radical (unpaired) electrons. The third-order valence-electron chi connectivity index (χ3n) is 3.39. The molecule has 0 spiro atoms. The maximum atomic E-state index is 12.4. The van der Waals surface area contributed by atoms with Crippen LogP contribution in [0.5, 0.6) is 0 Å². The Hall–Kier alpha value is -1.92. The second-order valence-electron chi connectivity index (χ2n) is 4.94. The average Bonchev–Trinajstić information content (AvgIpc) is 2.80. The first-order valence-electron chi connectivity index (χ1n) is 6.93. The van der Waals surface area contributed by atoms with Gasteiger partial charge in [0, 0.05) is 19.1 Å². The predicted octanol–water partition coefficient (Wildman–Crippen LogP) is 0.496. The lowest BCUT2D eigenvalue weighted by Gasteiger charge is -2.30. The summed E-state index contributed by atoms with van der Waals surface area (Å²) >= 11 is 0. The van der Waals surface area contributed by atoms with Crippen molar-refractivity contribution >= 4 is 23.8 Å². The quantitative estimate of drug-likeness (QED) is 0.705. The van der Waals surface area contributed by atoms with E-state index in [9.17, 15) is 9.59 Å². The molecule has 2 heterocycles. The molecule has 0 aromatic rings. The van der Waals surface area contributed by atoms with Crippen molar-refractivity contribution in [1.82, 2.24) is 9.80 Å². The number of rotatable bonds is 4. The number of amides is 3. The lowest BCUT2D eigenvalue weighted by Crippen LogP contribution is -2.61. The Morgan fingerprint density at radius 2 is 1.90 bits per heavy atom. The molecule has 2 rings (SSSR count). The van der Waals surface area contributed by atoms with Crippen molar-refractivity contribution in [3.8, 4) is 0 Å². The van der Waals surface area contributed by atoms with E-state index >= 15 is 0 Å². The summed E-state index contributed by atoms with van der Waals surface area (Å²) in [6.07, 6.45) is 1.73. The van der Waals surface area contributed by atoms with Crippen molar-refractivity contribution in [1.29, 1.82) is 0 Å². The molecule has 0 aromatic heterocycles. The summed E-state index contributed by atoms with van der Waals surface area (Å²) in [6.45, 7) is 5.24. The number of hydrogen-bond donors (Lipinski definition) is 0. The van der Waals surface area contributed by atoms with Crippen LogP contribution in [0, 0.1) is 0 Å². The Kier molecular flexibility index (Phi) is 4.06. The molecule has 0 N–H and O–H groups in total. The fourth-order valence-corrected chi connectivity index (χ4v) is 2.35. The van der Waals surface area contributed by atoms with Gasteiger partial charge < -0.3 is 4.74 Å². The van der Waals surface area contributed by atoms with Gasteiger partial charge in [-0.2, -0.15) is 0 Å². The zero-order valence-electron chi connectivity index (χ0n) is 12.4. The van der Waals surface area contributed by atoms with Gasteiger partial charge in [0.05, 0.1) is 13.2 Å². The van der Waals surface area contributed by atoms with E-state index in [0.29, 0.717) is 25.0 Å². The van der Waals surface area contributed by atoms with E-state index in [4.69, 9.17) is 4.74 Å². The van der Waals surface area contributed by atoms with Crippen LogP contribution in [-0.4, -0.2) is 71.5 Å². The van der Waals surface area contributed by atoms with Crippen molar-refractivity contribution in [2.45, 2.75) is 32.7 Å². The molecular weight excluding hydrogens is 260 g/mol. The van der Waals surface area contributed by atoms with Crippen LogP contribution in [0.2, 0.25) is 0 Å². The SMILES string of the molecule is CCCOC1=[N+](CCC)C2C(=O)N(C)C(=O)N(C)C2=N1. The van der Waals surface area contributed by atoms with Gasteiger partial charge >= 0.3 is 12.1 Å². The third kappa shape index (κ3) is 2.17. The number of ether oxygens (including phenoxy) is 1. The van der Waals surface area contributed by atoms with Crippen LogP contribution in [0.4, 0.5) is 4.79 Å². The third-order valence-corrected chi connectivity index (χ3v) is 3.39. The molecule has 1 atom stereocenters. The highest BCUT2D eigenvalue weighted by molar-refractivity contribution is 6.22. The van der Waals surface area contributed by atoms with Crippen LogP contribution in [0.15, 0.2) is 4.99 Å². The van der Waals surface area contributed by atoms with Gasteiger partial charge in [0.15, 0.2) is 0 Å². The smallest absolute Gasteiger partial charge is 0.428 e. The Labute approximate surface area is 118 Å². The molecular formula is C13H21N4O3+. The number of hydrogen-bond acceptors (Lipinski definition) is 4. The van der Waals surface area contributed by atoms with Gasteiger partial charge in [0.25, 0.3) is 17.8 Å². The second-order valence-corrected chi connectivity index (χ2v) is 4.94. The molecule has 1 saturated heterocycles. The minimum absolute atomic E-state index is 0.254. The monoisotopic (exact) mass is 281 g/mol. The van der Waals surface area contributed by atoms with E-state index in [1.807, 2.05) is 18.4 Å². The van der Waals surface area contributed by atoms with Gasteiger partial charge in [0.1, 0.15) is 0 Å². The standard InChI is InChI=1S/C13H21N4O3/c1-5-7-17-9-10(14-12(17)20-8-6-2)15(3)13(19)16(4)11(9)18/h9H,5-8H2,1-4H3/q+1. The van der Waals surface area contributed by atoms with Crippen molar-refractivity contribution in [3.63, 3.8) is 0 Å². The summed E-state index contributed by atoms with van der Waals surface area (Å²) in [7, 11) is 3.12.